The minimum atomic E-state index is -5.10. The van der Waals surface area contributed by atoms with E-state index in [0.717, 1.165) is 19.2 Å². The van der Waals surface area contributed by atoms with Crippen LogP contribution in [0.4, 0.5) is 32.0 Å². The SMILES string of the molecule is CN(CC(=O)Nc1cc(C(F)(F)F)cc(C(F)(F)F)c1)S(=O)(=O)c1ccc(C#N)cc1. The number of halogens is 6. The van der Waals surface area contributed by atoms with E-state index in [1.165, 1.54) is 12.1 Å². The van der Waals surface area contributed by atoms with E-state index in [2.05, 4.69) is 0 Å². The van der Waals surface area contributed by atoms with Gasteiger partial charge < -0.3 is 5.32 Å². The van der Waals surface area contributed by atoms with Crippen LogP contribution in [0.2, 0.25) is 0 Å². The summed E-state index contributed by atoms with van der Waals surface area (Å²) in [7, 11) is -3.21. The molecule has 0 aliphatic carbocycles. The topological polar surface area (TPSA) is 90.3 Å². The van der Waals surface area contributed by atoms with Crippen LogP contribution in [0.25, 0.3) is 0 Å². The molecule has 0 bridgehead atoms. The molecule has 0 fully saturated rings. The zero-order valence-corrected chi connectivity index (χ0v) is 16.4. The molecule has 0 saturated heterocycles. The molecule has 166 valence electrons. The number of sulfonamides is 1. The number of alkyl halides is 6. The molecular formula is C18H13F6N3O3S. The molecule has 31 heavy (non-hydrogen) atoms. The van der Waals surface area contributed by atoms with Gasteiger partial charge in [0.25, 0.3) is 0 Å². The number of nitrogens with zero attached hydrogens (tertiary/aromatic N) is 2. The van der Waals surface area contributed by atoms with Gasteiger partial charge in [0.15, 0.2) is 0 Å². The zero-order chi connectivity index (χ0) is 23.6. The largest absolute Gasteiger partial charge is 0.416 e. The summed E-state index contributed by atoms with van der Waals surface area (Å²) in [6.07, 6.45) is -10.2. The van der Waals surface area contributed by atoms with Crippen molar-refractivity contribution < 1.29 is 39.6 Å². The molecule has 0 aliphatic heterocycles. The maximum absolute atomic E-state index is 12.9. The van der Waals surface area contributed by atoms with E-state index in [-0.39, 0.29) is 16.5 Å². The summed E-state index contributed by atoms with van der Waals surface area (Å²) in [5, 5.41) is 10.6. The second-order valence-electron chi connectivity index (χ2n) is 6.24. The number of benzene rings is 2. The molecular weight excluding hydrogens is 452 g/mol. The average molecular weight is 465 g/mol. The van der Waals surface area contributed by atoms with E-state index in [1.54, 1.807) is 6.07 Å². The van der Waals surface area contributed by atoms with E-state index >= 15 is 0 Å². The van der Waals surface area contributed by atoms with Gasteiger partial charge in [-0.2, -0.15) is 35.9 Å². The summed E-state index contributed by atoms with van der Waals surface area (Å²) in [6.45, 7) is -0.889. The molecule has 0 radical (unpaired) electrons. The number of rotatable bonds is 5. The van der Waals surface area contributed by atoms with Crippen LogP contribution in [0.15, 0.2) is 47.4 Å². The van der Waals surface area contributed by atoms with Gasteiger partial charge in [-0.05, 0) is 42.5 Å². The van der Waals surface area contributed by atoms with Crippen LogP contribution >= 0.6 is 0 Å². The van der Waals surface area contributed by atoms with Crippen LogP contribution in [-0.2, 0) is 27.2 Å². The Hall–Kier alpha value is -3.11. The fraction of sp³-hybridized carbons (Fsp3) is 0.222. The lowest BCUT2D eigenvalue weighted by Crippen LogP contribution is -2.35. The Balaban J connectivity index is 2.24. The summed E-state index contributed by atoms with van der Waals surface area (Å²) >= 11 is 0. The first-order chi connectivity index (χ1) is 14.1. The number of nitriles is 1. The predicted octanol–water partition coefficient (Wildman–Crippen LogP) is 3.86. The number of amides is 1. The molecule has 0 saturated carbocycles. The van der Waals surface area contributed by atoms with Gasteiger partial charge in [0.1, 0.15) is 0 Å². The Morgan fingerprint density at radius 1 is 1.00 bits per heavy atom. The maximum atomic E-state index is 12.9. The molecule has 0 aliphatic rings. The summed E-state index contributed by atoms with van der Waals surface area (Å²) in [5.41, 5.74) is -3.87. The monoisotopic (exact) mass is 465 g/mol. The first kappa shape index (κ1) is 24.2. The third-order valence-electron chi connectivity index (χ3n) is 3.93. The van der Waals surface area contributed by atoms with Crippen LogP contribution < -0.4 is 5.32 Å². The lowest BCUT2D eigenvalue weighted by molar-refractivity contribution is -0.143. The lowest BCUT2D eigenvalue weighted by atomic mass is 10.1. The number of anilines is 1. The Morgan fingerprint density at radius 2 is 1.48 bits per heavy atom. The maximum Gasteiger partial charge on any atom is 0.416 e. The number of nitrogens with one attached hydrogen (secondary N) is 1. The van der Waals surface area contributed by atoms with E-state index in [0.29, 0.717) is 16.4 Å². The van der Waals surface area contributed by atoms with Gasteiger partial charge in [0.05, 0.1) is 34.2 Å². The minimum absolute atomic E-state index is 0.100. The quantitative estimate of drug-likeness (QED) is 0.680. The fourth-order valence-electron chi connectivity index (χ4n) is 2.40. The zero-order valence-electron chi connectivity index (χ0n) is 15.5. The summed E-state index contributed by atoms with van der Waals surface area (Å²) in [6, 6.07) is 6.99. The van der Waals surface area contributed by atoms with E-state index in [1.807, 2.05) is 5.32 Å². The van der Waals surface area contributed by atoms with Crippen LogP contribution in [-0.4, -0.2) is 32.2 Å². The molecule has 1 amide bonds. The number of likely N-dealkylation sites (N-methyl/N-ethyl adjacent to an activating group) is 1. The van der Waals surface area contributed by atoms with Crippen LogP contribution in [0.3, 0.4) is 0 Å². The van der Waals surface area contributed by atoms with Gasteiger partial charge in [-0.3, -0.25) is 4.79 Å². The predicted molar refractivity (Wildman–Crippen MR) is 96.0 cm³/mol. The van der Waals surface area contributed by atoms with Crippen molar-refractivity contribution in [2.75, 3.05) is 18.9 Å². The molecule has 2 aromatic carbocycles. The molecule has 0 atom stereocenters. The highest BCUT2D eigenvalue weighted by atomic mass is 32.2. The van der Waals surface area contributed by atoms with Gasteiger partial charge in [0.2, 0.25) is 15.9 Å². The molecule has 0 spiro atoms. The van der Waals surface area contributed by atoms with Crippen molar-refractivity contribution >= 4 is 21.6 Å². The van der Waals surface area contributed by atoms with E-state index < -0.39 is 51.6 Å². The smallest absolute Gasteiger partial charge is 0.325 e. The highest BCUT2D eigenvalue weighted by Crippen LogP contribution is 2.37. The van der Waals surface area contributed by atoms with Gasteiger partial charge >= 0.3 is 12.4 Å². The summed E-state index contributed by atoms with van der Waals surface area (Å²) in [5.74, 6) is -1.16. The summed E-state index contributed by atoms with van der Waals surface area (Å²) < 4.78 is 103. The molecule has 1 N–H and O–H groups in total. The molecule has 13 heteroatoms. The second-order valence-corrected chi connectivity index (χ2v) is 8.28. The molecule has 0 aromatic heterocycles. The van der Waals surface area contributed by atoms with E-state index in [9.17, 15) is 39.6 Å². The molecule has 2 aromatic rings. The van der Waals surface area contributed by atoms with Gasteiger partial charge in [-0.1, -0.05) is 0 Å². The van der Waals surface area contributed by atoms with Crippen molar-refractivity contribution in [1.29, 1.82) is 5.26 Å². The van der Waals surface area contributed by atoms with Crippen molar-refractivity contribution in [2.24, 2.45) is 0 Å². The average Bonchev–Trinajstić information content (AvgIpc) is 2.66. The highest BCUT2D eigenvalue weighted by molar-refractivity contribution is 7.89. The van der Waals surface area contributed by atoms with Crippen LogP contribution in [0, 0.1) is 11.3 Å². The minimum Gasteiger partial charge on any atom is -0.325 e. The fourth-order valence-corrected chi connectivity index (χ4v) is 3.52. The number of carbonyl (C=O) groups is 1. The first-order valence-corrected chi connectivity index (χ1v) is 9.64. The van der Waals surface area contributed by atoms with Gasteiger partial charge in [-0.25, -0.2) is 8.42 Å². The van der Waals surface area contributed by atoms with Crippen molar-refractivity contribution in [3.05, 3.63) is 59.2 Å². The van der Waals surface area contributed by atoms with Crippen molar-refractivity contribution in [2.45, 2.75) is 17.2 Å². The number of hydrogen-bond donors (Lipinski definition) is 1. The van der Waals surface area contributed by atoms with Gasteiger partial charge in [0, 0.05) is 12.7 Å². The standard InChI is InChI=1S/C18H13F6N3O3S/c1-27(31(29,30)15-4-2-11(9-25)3-5-15)10-16(28)26-14-7-12(17(19,20)21)6-13(8-14)18(22,23)24/h2-8H,10H2,1H3,(H,26,28). The Kier molecular flexibility index (Phi) is 6.67. The number of hydrogen-bond acceptors (Lipinski definition) is 4. The van der Waals surface area contributed by atoms with Crippen LogP contribution in [0.1, 0.15) is 16.7 Å². The Labute approximate surface area is 172 Å². The van der Waals surface area contributed by atoms with Crippen molar-refractivity contribution in [3.63, 3.8) is 0 Å². The summed E-state index contributed by atoms with van der Waals surface area (Å²) in [4.78, 5) is 11.8. The Bertz CT molecular complexity index is 1090. The van der Waals surface area contributed by atoms with Crippen LogP contribution in [0.5, 0.6) is 0 Å². The number of carbonyl (C=O) groups excluding carboxylic acids is 1. The van der Waals surface area contributed by atoms with Crippen molar-refractivity contribution in [1.82, 2.24) is 4.31 Å². The lowest BCUT2D eigenvalue weighted by Gasteiger charge is -2.18. The first-order valence-electron chi connectivity index (χ1n) is 8.20. The van der Waals surface area contributed by atoms with E-state index in [4.69, 9.17) is 5.26 Å². The highest BCUT2D eigenvalue weighted by Gasteiger charge is 2.37. The van der Waals surface area contributed by atoms with Crippen molar-refractivity contribution in [3.8, 4) is 6.07 Å². The molecule has 6 nitrogen and oxygen atoms in total. The third-order valence-corrected chi connectivity index (χ3v) is 5.75. The third kappa shape index (κ3) is 5.96. The normalized spacial score (nSPS) is 12.5. The molecule has 0 unspecified atom stereocenters. The van der Waals surface area contributed by atoms with Gasteiger partial charge in [-0.15, -0.1) is 0 Å². The Morgan fingerprint density at radius 3 is 1.90 bits per heavy atom. The molecule has 0 heterocycles. The molecule has 2 rings (SSSR count). The second kappa shape index (κ2) is 8.56.